The second-order valence-electron chi connectivity index (χ2n) is 6.21. The van der Waals surface area contributed by atoms with Crippen molar-refractivity contribution in [1.82, 2.24) is 15.0 Å². The zero-order valence-electron chi connectivity index (χ0n) is 14.9. The van der Waals surface area contributed by atoms with Crippen LogP contribution in [0.3, 0.4) is 0 Å². The van der Waals surface area contributed by atoms with Gasteiger partial charge in [0.15, 0.2) is 0 Å². The first-order chi connectivity index (χ1) is 14.0. The van der Waals surface area contributed by atoms with E-state index in [9.17, 15) is 18.4 Å². The Morgan fingerprint density at radius 3 is 2.62 bits per heavy atom. The molecule has 0 aliphatic rings. The van der Waals surface area contributed by atoms with Crippen LogP contribution >= 0.6 is 0 Å². The fraction of sp³-hybridized carbons (Fsp3) is 0.0476. The van der Waals surface area contributed by atoms with Crippen LogP contribution in [-0.2, 0) is 0 Å². The van der Waals surface area contributed by atoms with Crippen LogP contribution < -0.4 is 10.9 Å². The fourth-order valence-electron chi connectivity index (χ4n) is 2.92. The largest absolute Gasteiger partial charge is 0.306 e. The van der Waals surface area contributed by atoms with E-state index in [1.165, 1.54) is 36.5 Å². The quantitative estimate of drug-likeness (QED) is 0.546. The van der Waals surface area contributed by atoms with Crippen molar-refractivity contribution in [2.24, 2.45) is 0 Å². The number of hydrogen-bond acceptors (Lipinski definition) is 4. The SMILES string of the molecule is O=C(Nc1ccccn1)c1cccc2c(=O)[nH]c(-c3cccc(C(F)F)c3)nc12. The van der Waals surface area contributed by atoms with Gasteiger partial charge in [-0.2, -0.15) is 0 Å². The van der Waals surface area contributed by atoms with Crippen molar-refractivity contribution in [3.05, 3.63) is 88.3 Å². The van der Waals surface area contributed by atoms with Crippen molar-refractivity contribution < 1.29 is 13.6 Å². The molecule has 0 fully saturated rings. The highest BCUT2D eigenvalue weighted by Crippen LogP contribution is 2.25. The number of benzene rings is 2. The molecule has 0 aliphatic heterocycles. The maximum atomic E-state index is 13.0. The van der Waals surface area contributed by atoms with E-state index in [0.717, 1.165) is 0 Å². The summed E-state index contributed by atoms with van der Waals surface area (Å²) in [5.74, 6) is -0.0352. The van der Waals surface area contributed by atoms with Crippen LogP contribution in [0.1, 0.15) is 22.3 Å². The molecule has 0 bridgehead atoms. The number of rotatable bonds is 4. The average Bonchev–Trinajstić information content (AvgIpc) is 2.74. The number of hydrogen-bond donors (Lipinski definition) is 2. The monoisotopic (exact) mass is 392 g/mol. The van der Waals surface area contributed by atoms with E-state index in [1.54, 1.807) is 30.3 Å². The molecule has 2 heterocycles. The summed E-state index contributed by atoms with van der Waals surface area (Å²) in [6.07, 6.45) is -1.11. The molecule has 0 saturated heterocycles. The van der Waals surface area contributed by atoms with E-state index in [0.29, 0.717) is 11.4 Å². The second-order valence-corrected chi connectivity index (χ2v) is 6.21. The summed E-state index contributed by atoms with van der Waals surface area (Å²) in [6.45, 7) is 0. The molecule has 0 aliphatic carbocycles. The summed E-state index contributed by atoms with van der Waals surface area (Å²) in [5.41, 5.74) is 0.000692. The molecule has 4 aromatic rings. The molecule has 2 aromatic carbocycles. The van der Waals surface area contributed by atoms with Crippen LogP contribution in [-0.4, -0.2) is 20.9 Å². The lowest BCUT2D eigenvalue weighted by atomic mass is 10.1. The molecule has 2 N–H and O–H groups in total. The molecule has 8 heteroatoms. The van der Waals surface area contributed by atoms with Gasteiger partial charge in [0, 0.05) is 17.3 Å². The highest BCUT2D eigenvalue weighted by atomic mass is 19.3. The number of fused-ring (bicyclic) bond motifs is 1. The first kappa shape index (κ1) is 18.4. The van der Waals surface area contributed by atoms with Gasteiger partial charge >= 0.3 is 0 Å². The number of halogens is 2. The van der Waals surface area contributed by atoms with Crippen molar-refractivity contribution in [3.8, 4) is 11.4 Å². The van der Waals surface area contributed by atoms with E-state index in [2.05, 4.69) is 20.3 Å². The van der Waals surface area contributed by atoms with Crippen LogP contribution in [0.4, 0.5) is 14.6 Å². The van der Waals surface area contributed by atoms with Crippen LogP contribution in [0, 0.1) is 0 Å². The maximum absolute atomic E-state index is 13.0. The van der Waals surface area contributed by atoms with Gasteiger partial charge in [-0.05, 0) is 30.3 Å². The lowest BCUT2D eigenvalue weighted by Gasteiger charge is -2.09. The van der Waals surface area contributed by atoms with Gasteiger partial charge in [0.25, 0.3) is 17.9 Å². The van der Waals surface area contributed by atoms with Crippen molar-refractivity contribution in [3.63, 3.8) is 0 Å². The van der Waals surface area contributed by atoms with E-state index in [4.69, 9.17) is 0 Å². The van der Waals surface area contributed by atoms with E-state index in [-0.39, 0.29) is 27.9 Å². The predicted molar refractivity (Wildman–Crippen MR) is 105 cm³/mol. The van der Waals surface area contributed by atoms with Crippen molar-refractivity contribution in [2.75, 3.05) is 5.32 Å². The molecule has 29 heavy (non-hydrogen) atoms. The summed E-state index contributed by atoms with van der Waals surface area (Å²) in [4.78, 5) is 36.3. The Kier molecular flexibility index (Phi) is 4.82. The number of amides is 1. The lowest BCUT2D eigenvalue weighted by Crippen LogP contribution is -2.16. The van der Waals surface area contributed by atoms with Gasteiger partial charge in [-0.3, -0.25) is 9.59 Å². The number of pyridine rings is 1. The molecule has 144 valence electrons. The number of carbonyl (C=O) groups is 1. The number of aromatic nitrogens is 3. The fourth-order valence-corrected chi connectivity index (χ4v) is 2.92. The van der Waals surface area contributed by atoms with Crippen LogP contribution in [0.2, 0.25) is 0 Å². The summed E-state index contributed by atoms with van der Waals surface area (Å²) in [6, 6.07) is 15.3. The Balaban J connectivity index is 1.82. The van der Waals surface area contributed by atoms with Gasteiger partial charge in [-0.1, -0.05) is 30.3 Å². The summed E-state index contributed by atoms with van der Waals surface area (Å²) in [7, 11) is 0. The Morgan fingerprint density at radius 2 is 1.86 bits per heavy atom. The highest BCUT2D eigenvalue weighted by Gasteiger charge is 2.16. The third kappa shape index (κ3) is 3.73. The molecular formula is C21H14F2N4O2. The smallest absolute Gasteiger partial charge is 0.263 e. The summed E-state index contributed by atoms with van der Waals surface area (Å²) in [5, 5.41) is 2.87. The zero-order valence-corrected chi connectivity index (χ0v) is 14.9. The third-order valence-corrected chi connectivity index (χ3v) is 4.30. The Morgan fingerprint density at radius 1 is 1.03 bits per heavy atom. The Bertz CT molecular complexity index is 1260. The predicted octanol–water partition coefficient (Wildman–Crippen LogP) is 4.18. The van der Waals surface area contributed by atoms with Crippen LogP contribution in [0.25, 0.3) is 22.3 Å². The van der Waals surface area contributed by atoms with Gasteiger partial charge in [0.1, 0.15) is 11.6 Å². The number of H-pyrrole nitrogens is 1. The minimum absolute atomic E-state index is 0.100. The Hall–Kier alpha value is -3.94. The molecule has 4 rings (SSSR count). The summed E-state index contributed by atoms with van der Waals surface area (Å²) < 4.78 is 26.0. The van der Waals surface area contributed by atoms with Gasteiger partial charge in [0.2, 0.25) is 0 Å². The minimum Gasteiger partial charge on any atom is -0.306 e. The van der Waals surface area contributed by atoms with E-state index < -0.39 is 17.9 Å². The first-order valence-corrected chi connectivity index (χ1v) is 8.67. The van der Waals surface area contributed by atoms with Gasteiger partial charge in [0.05, 0.1) is 16.5 Å². The van der Waals surface area contributed by atoms with Crippen molar-refractivity contribution >= 4 is 22.6 Å². The molecule has 2 aromatic heterocycles. The topological polar surface area (TPSA) is 87.7 Å². The molecule has 0 atom stereocenters. The molecule has 0 spiro atoms. The summed E-state index contributed by atoms with van der Waals surface area (Å²) >= 11 is 0. The lowest BCUT2D eigenvalue weighted by molar-refractivity contribution is 0.102. The average molecular weight is 392 g/mol. The number of carbonyl (C=O) groups excluding carboxylic acids is 1. The van der Waals surface area contributed by atoms with Crippen molar-refractivity contribution in [1.29, 1.82) is 0 Å². The minimum atomic E-state index is -2.65. The maximum Gasteiger partial charge on any atom is 0.263 e. The molecule has 0 unspecified atom stereocenters. The van der Waals surface area contributed by atoms with Gasteiger partial charge in [-0.25, -0.2) is 18.7 Å². The molecule has 0 saturated carbocycles. The number of anilines is 1. The van der Waals surface area contributed by atoms with Crippen molar-refractivity contribution in [2.45, 2.75) is 6.43 Å². The molecule has 6 nitrogen and oxygen atoms in total. The molecular weight excluding hydrogens is 378 g/mol. The normalized spacial score (nSPS) is 11.0. The Labute approximate surface area is 163 Å². The number of aromatic amines is 1. The van der Waals surface area contributed by atoms with Crippen LogP contribution in [0.5, 0.6) is 0 Å². The van der Waals surface area contributed by atoms with E-state index in [1.807, 2.05) is 0 Å². The standard InChI is InChI=1S/C21H14F2N4O2/c22-18(23)12-5-3-6-13(11-12)19-26-17-14(7-4-8-15(17)21(29)27-19)20(28)25-16-9-1-2-10-24-16/h1-11,18H,(H,24,25,28)(H,26,27,29). The first-order valence-electron chi connectivity index (χ1n) is 8.67. The van der Waals surface area contributed by atoms with E-state index >= 15 is 0 Å². The van der Waals surface area contributed by atoms with Gasteiger partial charge < -0.3 is 10.3 Å². The zero-order chi connectivity index (χ0) is 20.4. The number of alkyl halides is 2. The van der Waals surface area contributed by atoms with Crippen LogP contribution in [0.15, 0.2) is 71.7 Å². The molecule has 1 amide bonds. The highest BCUT2D eigenvalue weighted by molar-refractivity contribution is 6.11. The van der Waals surface area contributed by atoms with Gasteiger partial charge in [-0.15, -0.1) is 0 Å². The second kappa shape index (κ2) is 7.59. The third-order valence-electron chi connectivity index (χ3n) is 4.30. The number of nitrogens with one attached hydrogen (secondary N) is 2. The number of para-hydroxylation sites is 1. The number of nitrogens with zero attached hydrogens (tertiary/aromatic N) is 2. The molecule has 0 radical (unpaired) electrons.